The number of amides is 1. The first-order valence-electron chi connectivity index (χ1n) is 7.86. The van der Waals surface area contributed by atoms with Crippen LogP contribution in [0.2, 0.25) is 0 Å². The first-order valence-corrected chi connectivity index (χ1v) is 7.86. The molecule has 22 heavy (non-hydrogen) atoms. The van der Waals surface area contributed by atoms with Crippen LogP contribution in [0.3, 0.4) is 0 Å². The number of ether oxygens (including phenoxy) is 1. The number of nitriles is 1. The molecule has 1 aromatic carbocycles. The van der Waals surface area contributed by atoms with Gasteiger partial charge in [-0.05, 0) is 37.9 Å². The number of carbonyl (C=O) groups is 1. The molecule has 0 aromatic heterocycles. The summed E-state index contributed by atoms with van der Waals surface area (Å²) in [7, 11) is 0. The Balaban J connectivity index is 1.47. The van der Waals surface area contributed by atoms with Crippen LogP contribution in [0, 0.1) is 17.2 Å². The lowest BCUT2D eigenvalue weighted by Gasteiger charge is -2.30. The van der Waals surface area contributed by atoms with Crippen LogP contribution in [-0.2, 0) is 4.79 Å². The van der Waals surface area contributed by atoms with E-state index in [1.165, 1.54) is 0 Å². The van der Waals surface area contributed by atoms with Crippen molar-refractivity contribution >= 4 is 5.91 Å². The number of hydrogen-bond donors (Lipinski definition) is 1. The van der Waals surface area contributed by atoms with Gasteiger partial charge in [0, 0.05) is 12.1 Å². The highest BCUT2D eigenvalue weighted by Crippen LogP contribution is 2.33. The number of likely N-dealkylation sites (tertiary alicyclic amines) is 1. The molecule has 5 heteroatoms. The third-order valence-electron chi connectivity index (χ3n) is 4.58. The fourth-order valence-electron chi connectivity index (χ4n) is 3.20. The lowest BCUT2D eigenvalue weighted by Crippen LogP contribution is -2.40. The number of rotatable bonds is 4. The molecule has 0 spiro atoms. The number of para-hydroxylation sites is 1. The number of piperidine rings is 1. The van der Waals surface area contributed by atoms with Crippen LogP contribution in [0.25, 0.3) is 0 Å². The Labute approximate surface area is 130 Å². The molecule has 0 radical (unpaired) electrons. The molecular weight excluding hydrogens is 278 g/mol. The van der Waals surface area contributed by atoms with E-state index in [9.17, 15) is 4.79 Å². The highest BCUT2D eigenvalue weighted by atomic mass is 16.5. The van der Waals surface area contributed by atoms with Gasteiger partial charge in [0.1, 0.15) is 18.3 Å². The normalized spacial score (nSPS) is 21.7. The number of carbonyl (C=O) groups excluding carboxylic acids is 1. The topological polar surface area (TPSA) is 65.4 Å². The van der Waals surface area contributed by atoms with Gasteiger partial charge in [-0.15, -0.1) is 0 Å². The second-order valence-electron chi connectivity index (χ2n) is 6.02. The van der Waals surface area contributed by atoms with Crippen molar-refractivity contribution in [2.24, 2.45) is 5.92 Å². The van der Waals surface area contributed by atoms with E-state index in [1.807, 2.05) is 24.3 Å². The smallest absolute Gasteiger partial charge is 0.231 e. The van der Waals surface area contributed by atoms with Crippen LogP contribution < -0.4 is 10.1 Å². The Kier molecular flexibility index (Phi) is 4.59. The molecule has 2 aliphatic rings. The summed E-state index contributed by atoms with van der Waals surface area (Å²) >= 11 is 0. The minimum Gasteiger partial charge on any atom is -0.492 e. The molecule has 2 aliphatic heterocycles. The van der Waals surface area contributed by atoms with E-state index in [2.05, 4.69) is 16.3 Å². The van der Waals surface area contributed by atoms with Crippen LogP contribution in [0.1, 0.15) is 24.3 Å². The standard InChI is InChI=1S/C17H21N3O2/c18-7-10-20-8-5-13(6-9-20)11-19-17(21)15-12-22-16-4-2-1-3-14(15)16/h1-4,13,15H,5-6,8-12H2,(H,19,21)/t15-/m0/s1. The van der Waals surface area contributed by atoms with E-state index in [4.69, 9.17) is 10.00 Å². The van der Waals surface area contributed by atoms with Crippen molar-refractivity contribution in [3.63, 3.8) is 0 Å². The molecule has 0 saturated carbocycles. The van der Waals surface area contributed by atoms with E-state index < -0.39 is 0 Å². The SMILES string of the molecule is N#CCN1CCC(CNC(=O)[C@H]2COc3ccccc32)CC1. The molecule has 1 aromatic rings. The van der Waals surface area contributed by atoms with Gasteiger partial charge in [0.05, 0.1) is 12.6 Å². The minimum absolute atomic E-state index is 0.0596. The number of nitrogens with zero attached hydrogens (tertiary/aromatic N) is 2. The average molecular weight is 299 g/mol. The molecule has 0 aliphatic carbocycles. The molecule has 3 rings (SSSR count). The molecule has 1 N–H and O–H groups in total. The zero-order chi connectivity index (χ0) is 15.4. The summed E-state index contributed by atoms with van der Waals surface area (Å²) in [6.45, 7) is 3.56. The third kappa shape index (κ3) is 3.23. The molecule has 1 atom stereocenters. The van der Waals surface area contributed by atoms with Crippen LogP contribution >= 0.6 is 0 Å². The van der Waals surface area contributed by atoms with E-state index in [0.29, 0.717) is 19.1 Å². The molecule has 1 amide bonds. The van der Waals surface area contributed by atoms with Gasteiger partial charge in [-0.3, -0.25) is 9.69 Å². The summed E-state index contributed by atoms with van der Waals surface area (Å²) in [5.41, 5.74) is 0.990. The Bertz CT molecular complexity index is 574. The first kappa shape index (κ1) is 14.9. The number of hydrogen-bond acceptors (Lipinski definition) is 4. The van der Waals surface area contributed by atoms with E-state index in [-0.39, 0.29) is 11.8 Å². The van der Waals surface area contributed by atoms with Gasteiger partial charge >= 0.3 is 0 Å². The zero-order valence-electron chi connectivity index (χ0n) is 12.6. The van der Waals surface area contributed by atoms with Crippen LogP contribution in [-0.4, -0.2) is 43.6 Å². The van der Waals surface area contributed by atoms with Gasteiger partial charge < -0.3 is 10.1 Å². The summed E-state index contributed by atoms with van der Waals surface area (Å²) in [6, 6.07) is 9.93. The Morgan fingerprint density at radius 3 is 2.91 bits per heavy atom. The summed E-state index contributed by atoms with van der Waals surface area (Å²) in [6.07, 6.45) is 2.08. The first-order chi connectivity index (χ1) is 10.8. The Morgan fingerprint density at radius 1 is 1.36 bits per heavy atom. The van der Waals surface area contributed by atoms with Crippen molar-refractivity contribution in [1.82, 2.24) is 10.2 Å². The maximum absolute atomic E-state index is 12.4. The van der Waals surface area contributed by atoms with E-state index in [1.54, 1.807) is 0 Å². The van der Waals surface area contributed by atoms with E-state index >= 15 is 0 Å². The Morgan fingerprint density at radius 2 is 2.14 bits per heavy atom. The second kappa shape index (κ2) is 6.80. The molecule has 1 saturated heterocycles. The lowest BCUT2D eigenvalue weighted by atomic mass is 9.96. The molecule has 0 bridgehead atoms. The van der Waals surface area contributed by atoms with Gasteiger partial charge in [0.2, 0.25) is 5.91 Å². The third-order valence-corrected chi connectivity index (χ3v) is 4.58. The van der Waals surface area contributed by atoms with E-state index in [0.717, 1.165) is 43.8 Å². The second-order valence-corrected chi connectivity index (χ2v) is 6.02. The predicted octanol–water partition coefficient (Wildman–Crippen LogP) is 1.51. The highest BCUT2D eigenvalue weighted by Gasteiger charge is 2.30. The fourth-order valence-corrected chi connectivity index (χ4v) is 3.20. The molecule has 5 nitrogen and oxygen atoms in total. The highest BCUT2D eigenvalue weighted by molar-refractivity contribution is 5.85. The van der Waals surface area contributed by atoms with Crippen molar-refractivity contribution in [3.8, 4) is 11.8 Å². The van der Waals surface area contributed by atoms with Crippen molar-refractivity contribution in [2.75, 3.05) is 32.8 Å². The number of benzene rings is 1. The van der Waals surface area contributed by atoms with Crippen LogP contribution in [0.15, 0.2) is 24.3 Å². The maximum atomic E-state index is 12.4. The van der Waals surface area contributed by atoms with Crippen molar-refractivity contribution < 1.29 is 9.53 Å². The molecule has 1 fully saturated rings. The largest absolute Gasteiger partial charge is 0.492 e. The quantitative estimate of drug-likeness (QED) is 0.856. The molecule has 0 unspecified atom stereocenters. The summed E-state index contributed by atoms with van der Waals surface area (Å²) in [5, 5.41) is 11.8. The zero-order valence-corrected chi connectivity index (χ0v) is 12.6. The van der Waals surface area contributed by atoms with Crippen molar-refractivity contribution in [3.05, 3.63) is 29.8 Å². The monoisotopic (exact) mass is 299 g/mol. The van der Waals surface area contributed by atoms with Gasteiger partial charge in [-0.1, -0.05) is 18.2 Å². The fraction of sp³-hybridized carbons (Fsp3) is 0.529. The van der Waals surface area contributed by atoms with Gasteiger partial charge in [0.25, 0.3) is 0 Å². The van der Waals surface area contributed by atoms with Crippen LogP contribution in [0.4, 0.5) is 0 Å². The van der Waals surface area contributed by atoms with Gasteiger partial charge in [-0.25, -0.2) is 0 Å². The van der Waals surface area contributed by atoms with Crippen LogP contribution in [0.5, 0.6) is 5.75 Å². The summed E-state index contributed by atoms with van der Waals surface area (Å²) in [5.74, 6) is 1.21. The number of nitrogens with one attached hydrogen (secondary N) is 1. The minimum atomic E-state index is -0.185. The van der Waals surface area contributed by atoms with Crippen molar-refractivity contribution in [1.29, 1.82) is 5.26 Å². The predicted molar refractivity (Wildman–Crippen MR) is 82.5 cm³/mol. The molecular formula is C17H21N3O2. The summed E-state index contributed by atoms with van der Waals surface area (Å²) in [4.78, 5) is 14.5. The van der Waals surface area contributed by atoms with Gasteiger partial charge in [-0.2, -0.15) is 5.26 Å². The van der Waals surface area contributed by atoms with Crippen molar-refractivity contribution in [2.45, 2.75) is 18.8 Å². The van der Waals surface area contributed by atoms with Gasteiger partial charge in [0.15, 0.2) is 0 Å². The summed E-state index contributed by atoms with van der Waals surface area (Å²) < 4.78 is 5.57. The maximum Gasteiger partial charge on any atom is 0.231 e. The molecule has 2 heterocycles. The number of fused-ring (bicyclic) bond motifs is 1. The molecule has 116 valence electrons. The average Bonchev–Trinajstić information content (AvgIpc) is 2.98. The lowest BCUT2D eigenvalue weighted by molar-refractivity contribution is -0.123. The Hall–Kier alpha value is -2.06.